The number of guanidine groups is 1. The molecule has 0 aromatic carbocycles. The highest BCUT2D eigenvalue weighted by Crippen LogP contribution is 2.28. The summed E-state index contributed by atoms with van der Waals surface area (Å²) in [5.41, 5.74) is 5.38. The summed E-state index contributed by atoms with van der Waals surface area (Å²) < 4.78 is 0. The van der Waals surface area contributed by atoms with Crippen LogP contribution in [0.1, 0.15) is 26.2 Å². The van der Waals surface area contributed by atoms with Gasteiger partial charge >= 0.3 is 0 Å². The first-order valence-corrected chi connectivity index (χ1v) is 7.59. The normalized spacial score (nSPS) is 30.3. The van der Waals surface area contributed by atoms with Gasteiger partial charge in [-0.25, -0.2) is 0 Å². The third kappa shape index (κ3) is 4.45. The molecule has 106 valence electrons. The van der Waals surface area contributed by atoms with Crippen molar-refractivity contribution in [3.63, 3.8) is 0 Å². The Morgan fingerprint density at radius 2 is 2.17 bits per heavy atom. The molecule has 0 radical (unpaired) electrons. The van der Waals surface area contributed by atoms with Gasteiger partial charge in [0.1, 0.15) is 0 Å². The fourth-order valence-electron chi connectivity index (χ4n) is 2.29. The summed E-state index contributed by atoms with van der Waals surface area (Å²) in [5.74, 6) is 3.24. The van der Waals surface area contributed by atoms with Gasteiger partial charge in [0.05, 0.1) is 12.1 Å². The van der Waals surface area contributed by atoms with Crippen LogP contribution in [-0.4, -0.2) is 52.7 Å². The summed E-state index contributed by atoms with van der Waals surface area (Å²) in [4.78, 5) is 6.53. The van der Waals surface area contributed by atoms with E-state index < -0.39 is 5.60 Å². The van der Waals surface area contributed by atoms with Gasteiger partial charge in [0.2, 0.25) is 0 Å². The second-order valence-electron chi connectivity index (χ2n) is 5.37. The summed E-state index contributed by atoms with van der Waals surface area (Å²) in [6.07, 6.45) is 3.22. The molecule has 0 aromatic heterocycles. The Balaban J connectivity index is 0.00000162. The van der Waals surface area contributed by atoms with E-state index in [4.69, 9.17) is 5.73 Å². The fraction of sp³-hybridized carbons (Fsp3) is 0.917. The Morgan fingerprint density at radius 1 is 1.50 bits per heavy atom. The number of rotatable bonds is 2. The number of aliphatic hydroxyl groups is 1. The molecule has 6 heteroatoms. The average Bonchev–Trinajstić information content (AvgIpc) is 2.75. The van der Waals surface area contributed by atoms with E-state index in [1.807, 2.05) is 0 Å². The van der Waals surface area contributed by atoms with Crippen molar-refractivity contribution in [2.75, 3.05) is 31.1 Å². The minimum absolute atomic E-state index is 0. The Morgan fingerprint density at radius 3 is 2.72 bits per heavy atom. The number of hydrogen-bond donors (Lipinski definition) is 2. The smallest absolute Gasteiger partial charge is 0.191 e. The van der Waals surface area contributed by atoms with Gasteiger partial charge in [-0.05, 0) is 30.9 Å². The van der Waals surface area contributed by atoms with E-state index in [-0.39, 0.29) is 24.0 Å². The highest BCUT2D eigenvalue weighted by atomic mass is 127. The second kappa shape index (κ2) is 7.19. The molecule has 2 fully saturated rings. The van der Waals surface area contributed by atoms with Crippen LogP contribution in [0.15, 0.2) is 4.99 Å². The lowest BCUT2D eigenvalue weighted by Crippen LogP contribution is -2.43. The van der Waals surface area contributed by atoms with Gasteiger partial charge in [0.25, 0.3) is 0 Å². The van der Waals surface area contributed by atoms with Crippen LogP contribution in [0.25, 0.3) is 0 Å². The summed E-state index contributed by atoms with van der Waals surface area (Å²) in [5, 5.41) is 10.2. The number of halogens is 1. The van der Waals surface area contributed by atoms with Crippen LogP contribution in [-0.2, 0) is 0 Å². The summed E-state index contributed by atoms with van der Waals surface area (Å²) in [7, 11) is 0. The maximum Gasteiger partial charge on any atom is 0.191 e. The molecule has 2 aliphatic heterocycles. The van der Waals surface area contributed by atoms with Crippen molar-refractivity contribution in [1.82, 2.24) is 4.90 Å². The molecule has 2 rings (SSSR count). The minimum atomic E-state index is -0.613. The Labute approximate surface area is 131 Å². The number of thioether (sulfide) groups is 1. The molecule has 2 aliphatic rings. The van der Waals surface area contributed by atoms with Crippen LogP contribution in [0, 0.1) is 5.92 Å². The lowest BCUT2D eigenvalue weighted by molar-refractivity contribution is 0.0775. The maximum absolute atomic E-state index is 10.2. The van der Waals surface area contributed by atoms with E-state index in [2.05, 4.69) is 16.8 Å². The highest BCUT2D eigenvalue weighted by Gasteiger charge is 2.31. The molecule has 0 spiro atoms. The molecule has 0 amide bonds. The maximum atomic E-state index is 10.2. The fourth-order valence-corrected chi connectivity index (χ4v) is 3.57. The molecule has 1 unspecified atom stereocenters. The SMILES string of the molecule is CC1CCN(C(N)=NCC2(O)CCSC2)CC1.I. The molecular formula is C12H24IN3OS. The van der Waals surface area contributed by atoms with E-state index in [0.717, 1.165) is 36.9 Å². The molecule has 0 aromatic rings. The number of hydrogen-bond acceptors (Lipinski definition) is 3. The van der Waals surface area contributed by atoms with Crippen LogP contribution in [0.2, 0.25) is 0 Å². The zero-order valence-electron chi connectivity index (χ0n) is 11.0. The highest BCUT2D eigenvalue weighted by molar-refractivity contribution is 14.0. The topological polar surface area (TPSA) is 61.8 Å². The first-order chi connectivity index (χ1) is 8.09. The van der Waals surface area contributed by atoms with Crippen LogP contribution >= 0.6 is 35.7 Å². The van der Waals surface area contributed by atoms with Crippen molar-refractivity contribution in [3.8, 4) is 0 Å². The van der Waals surface area contributed by atoms with Crippen molar-refractivity contribution in [3.05, 3.63) is 0 Å². The van der Waals surface area contributed by atoms with Crippen LogP contribution in [0.4, 0.5) is 0 Å². The molecule has 18 heavy (non-hydrogen) atoms. The molecule has 0 saturated carbocycles. The number of nitrogens with two attached hydrogens (primary N) is 1. The van der Waals surface area contributed by atoms with E-state index in [1.165, 1.54) is 12.8 Å². The standard InChI is InChI=1S/C12H23N3OS.HI/c1-10-2-5-15(6-3-10)11(13)14-8-12(16)4-7-17-9-12;/h10,16H,2-9H2,1H3,(H2,13,14);1H. The van der Waals surface area contributed by atoms with Gasteiger partial charge in [-0.2, -0.15) is 11.8 Å². The van der Waals surface area contributed by atoms with Crippen LogP contribution in [0.3, 0.4) is 0 Å². The van der Waals surface area contributed by atoms with Gasteiger partial charge < -0.3 is 15.7 Å². The monoisotopic (exact) mass is 385 g/mol. The van der Waals surface area contributed by atoms with Crippen molar-refractivity contribution < 1.29 is 5.11 Å². The molecule has 1 atom stereocenters. The Hall–Kier alpha value is 0.310. The van der Waals surface area contributed by atoms with E-state index in [0.29, 0.717) is 12.5 Å². The first-order valence-electron chi connectivity index (χ1n) is 6.44. The third-order valence-corrected chi connectivity index (χ3v) is 4.96. The number of nitrogens with zero attached hydrogens (tertiary/aromatic N) is 2. The van der Waals surface area contributed by atoms with E-state index in [1.54, 1.807) is 11.8 Å². The third-order valence-electron chi connectivity index (χ3n) is 3.73. The lowest BCUT2D eigenvalue weighted by Gasteiger charge is -2.31. The quantitative estimate of drug-likeness (QED) is 0.430. The molecule has 0 aliphatic carbocycles. The zero-order chi connectivity index (χ0) is 12.3. The summed E-state index contributed by atoms with van der Waals surface area (Å²) in [6.45, 7) is 4.74. The van der Waals surface area contributed by atoms with Crippen molar-refractivity contribution in [1.29, 1.82) is 0 Å². The van der Waals surface area contributed by atoms with Crippen molar-refractivity contribution >= 4 is 41.7 Å². The zero-order valence-corrected chi connectivity index (χ0v) is 14.1. The molecule has 0 bridgehead atoms. The largest absolute Gasteiger partial charge is 0.387 e. The van der Waals surface area contributed by atoms with Crippen LogP contribution < -0.4 is 5.73 Å². The van der Waals surface area contributed by atoms with Gasteiger partial charge in [-0.15, -0.1) is 24.0 Å². The molecule has 4 nitrogen and oxygen atoms in total. The molecular weight excluding hydrogens is 361 g/mol. The van der Waals surface area contributed by atoms with Gasteiger partial charge in [0, 0.05) is 18.8 Å². The molecule has 3 N–H and O–H groups in total. The number of likely N-dealkylation sites (tertiary alicyclic amines) is 1. The minimum Gasteiger partial charge on any atom is -0.387 e. The van der Waals surface area contributed by atoms with E-state index in [9.17, 15) is 5.11 Å². The predicted molar refractivity (Wildman–Crippen MR) is 88.8 cm³/mol. The van der Waals surface area contributed by atoms with Crippen molar-refractivity contribution in [2.45, 2.75) is 31.8 Å². The predicted octanol–water partition coefficient (Wildman–Crippen LogP) is 1.52. The Bertz CT molecular complexity index is 287. The average molecular weight is 385 g/mol. The Kier molecular flexibility index (Phi) is 6.54. The molecule has 2 saturated heterocycles. The number of aliphatic imine (C=N–C) groups is 1. The first kappa shape index (κ1) is 16.4. The van der Waals surface area contributed by atoms with Crippen LogP contribution in [0.5, 0.6) is 0 Å². The lowest BCUT2D eigenvalue weighted by atomic mass is 9.99. The number of piperidine rings is 1. The summed E-state index contributed by atoms with van der Waals surface area (Å²) >= 11 is 1.79. The van der Waals surface area contributed by atoms with Gasteiger partial charge in [-0.3, -0.25) is 4.99 Å². The van der Waals surface area contributed by atoms with Crippen molar-refractivity contribution in [2.24, 2.45) is 16.6 Å². The second-order valence-corrected chi connectivity index (χ2v) is 6.48. The van der Waals surface area contributed by atoms with E-state index >= 15 is 0 Å². The summed E-state index contributed by atoms with van der Waals surface area (Å²) in [6, 6.07) is 0. The van der Waals surface area contributed by atoms with Gasteiger partial charge in [-0.1, -0.05) is 6.92 Å². The van der Waals surface area contributed by atoms with Gasteiger partial charge in [0.15, 0.2) is 5.96 Å². The molecule has 2 heterocycles.